The van der Waals surface area contributed by atoms with Crippen LogP contribution in [0.3, 0.4) is 0 Å². The summed E-state index contributed by atoms with van der Waals surface area (Å²) in [6, 6.07) is 0. The summed E-state index contributed by atoms with van der Waals surface area (Å²) in [5.41, 5.74) is 0. The van der Waals surface area contributed by atoms with Crippen LogP contribution in [0.15, 0.2) is 0 Å². The SMILES string of the molecule is CSCCC(=O)NS(N)(=O)=O. The summed E-state index contributed by atoms with van der Waals surface area (Å²) in [5.74, 6) is 0.0169. The third-order valence-electron chi connectivity index (χ3n) is 0.789. The normalized spacial score (nSPS) is 11.1. The summed E-state index contributed by atoms with van der Waals surface area (Å²) in [6.07, 6.45) is 1.99. The lowest BCUT2D eigenvalue weighted by Crippen LogP contribution is -2.36. The van der Waals surface area contributed by atoms with Gasteiger partial charge in [-0.15, -0.1) is 0 Å². The number of carbonyl (C=O) groups excluding carboxylic acids is 1. The van der Waals surface area contributed by atoms with E-state index < -0.39 is 16.1 Å². The maximum Gasteiger partial charge on any atom is 0.298 e. The van der Waals surface area contributed by atoms with Crippen molar-refractivity contribution in [3.63, 3.8) is 0 Å². The van der Waals surface area contributed by atoms with Crippen molar-refractivity contribution in [3.05, 3.63) is 0 Å². The molecule has 0 spiro atoms. The smallest absolute Gasteiger partial charge is 0.274 e. The fraction of sp³-hybridized carbons (Fsp3) is 0.750. The van der Waals surface area contributed by atoms with Crippen molar-refractivity contribution in [3.8, 4) is 0 Å². The molecule has 11 heavy (non-hydrogen) atoms. The van der Waals surface area contributed by atoms with Gasteiger partial charge >= 0.3 is 0 Å². The largest absolute Gasteiger partial charge is 0.298 e. The standard InChI is InChI=1S/C4H10N2O3S2/c1-10-3-2-4(7)6-11(5,8)9/h2-3H2,1H3,(H,6,7)(H2,5,8,9). The fourth-order valence-corrected chi connectivity index (χ4v) is 1.21. The first kappa shape index (κ1) is 10.7. The summed E-state index contributed by atoms with van der Waals surface area (Å²) < 4.78 is 22.1. The maximum absolute atomic E-state index is 10.6. The molecule has 5 nitrogen and oxygen atoms in total. The number of rotatable bonds is 4. The first-order chi connectivity index (χ1) is 4.95. The van der Waals surface area contributed by atoms with Crippen LogP contribution in [-0.2, 0) is 15.0 Å². The highest BCUT2D eigenvalue weighted by Gasteiger charge is 2.06. The fourth-order valence-electron chi connectivity index (χ4n) is 0.404. The molecule has 0 aliphatic carbocycles. The van der Waals surface area contributed by atoms with E-state index in [0.29, 0.717) is 5.75 Å². The molecule has 0 saturated heterocycles. The van der Waals surface area contributed by atoms with Gasteiger partial charge in [-0.1, -0.05) is 0 Å². The molecule has 7 heteroatoms. The van der Waals surface area contributed by atoms with Crippen LogP contribution in [0.1, 0.15) is 6.42 Å². The van der Waals surface area contributed by atoms with Gasteiger partial charge in [0.25, 0.3) is 10.2 Å². The van der Waals surface area contributed by atoms with E-state index in [1.165, 1.54) is 11.8 Å². The molecule has 0 rings (SSSR count). The molecule has 1 amide bonds. The average Bonchev–Trinajstić information content (AvgIpc) is 1.79. The van der Waals surface area contributed by atoms with Crippen molar-refractivity contribution in [2.45, 2.75) is 6.42 Å². The molecule has 0 heterocycles. The second-order valence-corrected chi connectivity index (χ2v) is 4.09. The molecule has 0 aromatic rings. The van der Waals surface area contributed by atoms with Crippen LogP contribution in [0, 0.1) is 0 Å². The van der Waals surface area contributed by atoms with Gasteiger partial charge in [0.15, 0.2) is 0 Å². The first-order valence-corrected chi connectivity index (χ1v) is 5.72. The number of nitrogens with two attached hydrogens (primary N) is 1. The van der Waals surface area contributed by atoms with Gasteiger partial charge in [-0.25, -0.2) is 9.86 Å². The monoisotopic (exact) mass is 198 g/mol. The van der Waals surface area contributed by atoms with E-state index in [9.17, 15) is 13.2 Å². The highest BCUT2D eigenvalue weighted by atomic mass is 32.2. The molecule has 66 valence electrons. The van der Waals surface area contributed by atoms with Crippen molar-refractivity contribution in [1.82, 2.24) is 4.72 Å². The summed E-state index contributed by atoms with van der Waals surface area (Å²) in [7, 11) is -3.86. The van der Waals surface area contributed by atoms with Crippen molar-refractivity contribution in [2.75, 3.05) is 12.0 Å². The molecule has 0 bridgehead atoms. The van der Waals surface area contributed by atoms with Gasteiger partial charge in [0.1, 0.15) is 0 Å². The Morgan fingerprint density at radius 2 is 2.18 bits per heavy atom. The van der Waals surface area contributed by atoms with Crippen molar-refractivity contribution in [1.29, 1.82) is 0 Å². The Morgan fingerprint density at radius 1 is 1.64 bits per heavy atom. The van der Waals surface area contributed by atoms with E-state index in [0.717, 1.165) is 0 Å². The minimum atomic E-state index is -3.86. The molecular weight excluding hydrogens is 188 g/mol. The predicted molar refractivity (Wildman–Crippen MR) is 44.2 cm³/mol. The van der Waals surface area contributed by atoms with Crippen LogP contribution in [0.5, 0.6) is 0 Å². The lowest BCUT2D eigenvalue weighted by Gasteiger charge is -1.99. The quantitative estimate of drug-likeness (QED) is 0.610. The Bertz CT molecular complexity index is 223. The Labute approximate surface area is 69.9 Å². The molecule has 0 aromatic heterocycles. The summed E-state index contributed by atoms with van der Waals surface area (Å²) in [5, 5.41) is 4.54. The van der Waals surface area contributed by atoms with Gasteiger partial charge in [0, 0.05) is 12.2 Å². The van der Waals surface area contributed by atoms with Crippen LogP contribution in [-0.4, -0.2) is 26.3 Å². The van der Waals surface area contributed by atoms with E-state index in [1.807, 2.05) is 6.26 Å². The van der Waals surface area contributed by atoms with Crippen molar-refractivity contribution >= 4 is 27.9 Å². The van der Waals surface area contributed by atoms with Gasteiger partial charge in [0.2, 0.25) is 5.91 Å². The number of amides is 1. The summed E-state index contributed by atoms with van der Waals surface area (Å²) in [6.45, 7) is 0. The minimum absolute atomic E-state index is 0.164. The van der Waals surface area contributed by atoms with Crippen molar-refractivity contribution < 1.29 is 13.2 Å². The molecule has 0 aromatic carbocycles. The van der Waals surface area contributed by atoms with Crippen LogP contribution >= 0.6 is 11.8 Å². The van der Waals surface area contributed by atoms with E-state index in [-0.39, 0.29) is 6.42 Å². The Balaban J connectivity index is 3.71. The molecule has 0 unspecified atom stereocenters. The number of hydrogen-bond acceptors (Lipinski definition) is 4. The van der Waals surface area contributed by atoms with Gasteiger partial charge in [-0.2, -0.15) is 20.2 Å². The Hall–Kier alpha value is -0.270. The lowest BCUT2D eigenvalue weighted by atomic mass is 10.5. The zero-order valence-corrected chi connectivity index (χ0v) is 7.67. The minimum Gasteiger partial charge on any atom is -0.274 e. The predicted octanol–water partition coefficient (Wildman–Crippen LogP) is -0.941. The van der Waals surface area contributed by atoms with Crippen LogP contribution in [0.25, 0.3) is 0 Å². The van der Waals surface area contributed by atoms with E-state index in [4.69, 9.17) is 0 Å². The molecule has 0 aliphatic heterocycles. The Morgan fingerprint density at radius 3 is 2.55 bits per heavy atom. The van der Waals surface area contributed by atoms with E-state index in [2.05, 4.69) is 5.14 Å². The molecular formula is C4H10N2O3S2. The second kappa shape index (κ2) is 4.58. The molecule has 0 atom stereocenters. The second-order valence-electron chi connectivity index (χ2n) is 1.81. The highest BCUT2D eigenvalue weighted by molar-refractivity contribution is 7.98. The first-order valence-electron chi connectivity index (χ1n) is 2.78. The van der Waals surface area contributed by atoms with E-state index in [1.54, 1.807) is 4.72 Å². The number of hydrogen-bond donors (Lipinski definition) is 2. The number of nitrogens with one attached hydrogen (secondary N) is 1. The van der Waals surface area contributed by atoms with Crippen molar-refractivity contribution in [2.24, 2.45) is 5.14 Å². The Kier molecular flexibility index (Phi) is 4.46. The molecule has 0 radical (unpaired) electrons. The topological polar surface area (TPSA) is 89.3 Å². The molecule has 0 aliphatic rings. The zero-order chi connectivity index (χ0) is 8.91. The molecule has 3 N–H and O–H groups in total. The molecule has 0 saturated carbocycles. The summed E-state index contributed by atoms with van der Waals surface area (Å²) in [4.78, 5) is 10.6. The van der Waals surface area contributed by atoms with Gasteiger partial charge in [0.05, 0.1) is 0 Å². The third kappa shape index (κ3) is 7.63. The van der Waals surface area contributed by atoms with Gasteiger partial charge in [-0.05, 0) is 6.26 Å². The highest BCUT2D eigenvalue weighted by Crippen LogP contribution is 1.94. The lowest BCUT2D eigenvalue weighted by molar-refractivity contribution is -0.118. The number of carbonyl (C=O) groups is 1. The van der Waals surface area contributed by atoms with Crippen LogP contribution in [0.2, 0.25) is 0 Å². The van der Waals surface area contributed by atoms with Crippen LogP contribution in [0.4, 0.5) is 0 Å². The van der Waals surface area contributed by atoms with E-state index >= 15 is 0 Å². The summed E-state index contributed by atoms with van der Waals surface area (Å²) >= 11 is 1.46. The number of thioether (sulfide) groups is 1. The van der Waals surface area contributed by atoms with Gasteiger partial charge < -0.3 is 0 Å². The molecule has 0 fully saturated rings. The van der Waals surface area contributed by atoms with Gasteiger partial charge in [-0.3, -0.25) is 4.79 Å². The zero-order valence-electron chi connectivity index (χ0n) is 6.03. The maximum atomic E-state index is 10.6. The average molecular weight is 198 g/mol. The van der Waals surface area contributed by atoms with Crippen LogP contribution < -0.4 is 9.86 Å². The third-order valence-corrected chi connectivity index (χ3v) is 1.91.